The lowest BCUT2D eigenvalue weighted by Crippen LogP contribution is -2.48. The summed E-state index contributed by atoms with van der Waals surface area (Å²) in [4.78, 5) is 8.64. The van der Waals surface area contributed by atoms with Crippen molar-refractivity contribution in [3.8, 4) is 11.1 Å². The van der Waals surface area contributed by atoms with Crippen molar-refractivity contribution in [2.75, 3.05) is 31.1 Å². The van der Waals surface area contributed by atoms with Crippen molar-refractivity contribution in [2.45, 2.75) is 6.04 Å². The van der Waals surface area contributed by atoms with Crippen LogP contribution < -0.4 is 4.90 Å². The van der Waals surface area contributed by atoms with Gasteiger partial charge in [-0.05, 0) is 17.2 Å². The maximum absolute atomic E-state index is 3.45. The zero-order valence-corrected chi connectivity index (χ0v) is 19.6. The molecule has 1 saturated heterocycles. The molecule has 0 aliphatic carbocycles. The summed E-state index contributed by atoms with van der Waals surface area (Å²) in [6.45, 7) is 4.07. The van der Waals surface area contributed by atoms with Crippen LogP contribution >= 0.6 is 0 Å². The number of rotatable bonds is 5. The van der Waals surface area contributed by atoms with E-state index in [9.17, 15) is 0 Å². The van der Waals surface area contributed by atoms with Gasteiger partial charge >= 0.3 is 0 Å². The van der Waals surface area contributed by atoms with Gasteiger partial charge in [0.25, 0.3) is 0 Å². The monoisotopic (exact) mass is 446 g/mol. The van der Waals surface area contributed by atoms with Crippen molar-refractivity contribution in [3.05, 3.63) is 115 Å². The van der Waals surface area contributed by atoms with E-state index in [1.807, 2.05) is 0 Å². The smallest absolute Gasteiger partial charge is 0.0627 e. The molecule has 0 spiro atoms. The van der Waals surface area contributed by atoms with Gasteiger partial charge in [0.05, 0.1) is 11.7 Å². The van der Waals surface area contributed by atoms with Crippen LogP contribution in [0.15, 0.2) is 104 Å². The number of fused-ring (bicyclic) bond motifs is 1. The maximum Gasteiger partial charge on any atom is 0.0627 e. The van der Waals surface area contributed by atoms with E-state index in [2.05, 4.69) is 130 Å². The van der Waals surface area contributed by atoms with Crippen LogP contribution in [0.25, 0.3) is 22.0 Å². The van der Waals surface area contributed by atoms with E-state index in [1.54, 1.807) is 0 Å². The number of nitrogens with one attached hydrogen (secondary N) is 1. The Kier molecular flexibility index (Phi) is 5.44. The van der Waals surface area contributed by atoms with E-state index in [4.69, 9.17) is 0 Å². The molecule has 5 aromatic rings. The molecule has 4 heteroatoms. The van der Waals surface area contributed by atoms with Gasteiger partial charge in [-0.15, -0.1) is 0 Å². The maximum atomic E-state index is 3.45. The fourth-order valence-electron chi connectivity index (χ4n) is 5.43. The van der Waals surface area contributed by atoms with Gasteiger partial charge in [0.2, 0.25) is 0 Å². The van der Waals surface area contributed by atoms with Gasteiger partial charge in [0.15, 0.2) is 0 Å². The van der Waals surface area contributed by atoms with E-state index >= 15 is 0 Å². The number of H-pyrrole nitrogens is 1. The normalized spacial score (nSPS) is 14.8. The minimum atomic E-state index is 0.286. The SMILES string of the molecule is Cn1cc(-c2c[nH]c3ccccc23)c(N2CCN(C(c3ccccc3)c3ccccc3)CC2)c1. The molecule has 170 valence electrons. The van der Waals surface area contributed by atoms with Crippen LogP contribution in [0, 0.1) is 0 Å². The number of benzene rings is 3. The van der Waals surface area contributed by atoms with Gasteiger partial charge in [-0.2, -0.15) is 0 Å². The lowest BCUT2D eigenvalue weighted by atomic mass is 9.96. The van der Waals surface area contributed by atoms with Crippen LogP contribution in [-0.4, -0.2) is 40.6 Å². The van der Waals surface area contributed by atoms with Gasteiger partial charge in [0.1, 0.15) is 0 Å². The van der Waals surface area contributed by atoms with Gasteiger partial charge in [0, 0.05) is 73.8 Å². The first-order valence-electron chi connectivity index (χ1n) is 12.1. The zero-order valence-electron chi connectivity index (χ0n) is 19.6. The van der Waals surface area contributed by atoms with Gasteiger partial charge in [-0.1, -0.05) is 78.9 Å². The number of aromatic amines is 1. The number of para-hydroxylation sites is 1. The highest BCUT2D eigenvalue weighted by Crippen LogP contribution is 2.37. The van der Waals surface area contributed by atoms with Crippen LogP contribution in [0.3, 0.4) is 0 Å². The Hall–Kier alpha value is -3.76. The summed E-state index contributed by atoms with van der Waals surface area (Å²) in [5.41, 5.74) is 7.81. The highest BCUT2D eigenvalue weighted by atomic mass is 15.3. The lowest BCUT2D eigenvalue weighted by Gasteiger charge is -2.40. The molecule has 1 N–H and O–H groups in total. The van der Waals surface area contributed by atoms with E-state index in [1.165, 1.54) is 38.8 Å². The Morgan fingerprint density at radius 1 is 0.676 bits per heavy atom. The van der Waals surface area contributed by atoms with Crippen LogP contribution in [0.2, 0.25) is 0 Å². The second-order valence-electron chi connectivity index (χ2n) is 9.22. The molecule has 3 heterocycles. The second-order valence-corrected chi connectivity index (χ2v) is 9.22. The van der Waals surface area contributed by atoms with Crippen molar-refractivity contribution < 1.29 is 0 Å². The predicted molar refractivity (Wildman–Crippen MR) is 141 cm³/mol. The fourth-order valence-corrected chi connectivity index (χ4v) is 5.43. The number of hydrogen-bond donors (Lipinski definition) is 1. The first kappa shape index (κ1) is 20.8. The van der Waals surface area contributed by atoms with Crippen molar-refractivity contribution in [1.29, 1.82) is 0 Å². The minimum absolute atomic E-state index is 0.286. The molecule has 6 rings (SSSR count). The Morgan fingerprint density at radius 3 is 1.97 bits per heavy atom. The number of piperazine rings is 1. The van der Waals surface area contributed by atoms with E-state index in [-0.39, 0.29) is 6.04 Å². The second kappa shape index (κ2) is 8.88. The Bertz CT molecular complexity index is 1340. The molecule has 0 saturated carbocycles. The average Bonchev–Trinajstić information content (AvgIpc) is 3.49. The molecule has 1 aliphatic rings. The van der Waals surface area contributed by atoms with Crippen molar-refractivity contribution >= 4 is 16.6 Å². The van der Waals surface area contributed by atoms with Crippen LogP contribution in [0.1, 0.15) is 17.2 Å². The summed E-state index contributed by atoms with van der Waals surface area (Å²) in [7, 11) is 2.12. The van der Waals surface area contributed by atoms with E-state index < -0.39 is 0 Å². The predicted octanol–water partition coefficient (Wildman–Crippen LogP) is 6.09. The third kappa shape index (κ3) is 3.80. The van der Waals surface area contributed by atoms with E-state index in [0.29, 0.717) is 0 Å². The van der Waals surface area contributed by atoms with Crippen LogP contribution in [-0.2, 0) is 7.05 Å². The van der Waals surface area contributed by atoms with Crippen LogP contribution in [0.5, 0.6) is 0 Å². The molecule has 34 heavy (non-hydrogen) atoms. The summed E-state index contributed by atoms with van der Waals surface area (Å²) in [5, 5.41) is 1.28. The summed E-state index contributed by atoms with van der Waals surface area (Å²) in [5.74, 6) is 0. The third-order valence-electron chi connectivity index (χ3n) is 7.06. The quantitative estimate of drug-likeness (QED) is 0.354. The molecule has 3 aromatic carbocycles. The Morgan fingerprint density at radius 2 is 1.29 bits per heavy atom. The highest BCUT2D eigenvalue weighted by molar-refractivity contribution is 5.98. The largest absolute Gasteiger partial charge is 0.367 e. The van der Waals surface area contributed by atoms with Crippen molar-refractivity contribution in [2.24, 2.45) is 7.05 Å². The molecular weight excluding hydrogens is 416 g/mol. The summed E-state index contributed by atoms with van der Waals surface area (Å²) < 4.78 is 2.19. The summed E-state index contributed by atoms with van der Waals surface area (Å²) >= 11 is 0. The highest BCUT2D eigenvalue weighted by Gasteiger charge is 2.28. The molecule has 0 radical (unpaired) electrons. The third-order valence-corrected chi connectivity index (χ3v) is 7.06. The fraction of sp³-hybridized carbons (Fsp3) is 0.200. The molecular formula is C30H30N4. The Labute approximate surface area is 201 Å². The Balaban J connectivity index is 1.28. The molecule has 0 atom stereocenters. The van der Waals surface area contributed by atoms with E-state index in [0.717, 1.165) is 26.2 Å². The molecule has 1 aliphatic heterocycles. The number of hydrogen-bond acceptors (Lipinski definition) is 2. The molecule has 0 amide bonds. The number of nitrogens with zero attached hydrogens (tertiary/aromatic N) is 3. The molecule has 0 unspecified atom stereocenters. The van der Waals surface area contributed by atoms with Gasteiger partial charge < -0.3 is 14.5 Å². The summed E-state index contributed by atoms with van der Waals surface area (Å²) in [6.07, 6.45) is 6.69. The molecule has 1 fully saturated rings. The standard InChI is InChI=1S/C30H30N4/c1-32-21-27(26-20-31-28-15-9-8-14-25(26)28)29(22-32)33-16-18-34(19-17-33)30(23-10-4-2-5-11-23)24-12-6-3-7-13-24/h2-15,20-22,30-31H,16-19H2,1H3. The topological polar surface area (TPSA) is 27.2 Å². The number of aryl methyl sites for hydroxylation is 1. The summed E-state index contributed by atoms with van der Waals surface area (Å²) in [6, 6.07) is 30.7. The van der Waals surface area contributed by atoms with Crippen molar-refractivity contribution in [3.63, 3.8) is 0 Å². The van der Waals surface area contributed by atoms with Crippen LogP contribution in [0.4, 0.5) is 5.69 Å². The molecule has 2 aromatic heterocycles. The number of aromatic nitrogens is 2. The number of anilines is 1. The molecule has 0 bridgehead atoms. The lowest BCUT2D eigenvalue weighted by molar-refractivity contribution is 0.212. The minimum Gasteiger partial charge on any atom is -0.367 e. The zero-order chi connectivity index (χ0) is 22.9. The van der Waals surface area contributed by atoms with Gasteiger partial charge in [-0.25, -0.2) is 0 Å². The first-order chi connectivity index (χ1) is 16.8. The first-order valence-corrected chi connectivity index (χ1v) is 12.1. The van der Waals surface area contributed by atoms with Gasteiger partial charge in [-0.3, -0.25) is 4.90 Å². The molecule has 4 nitrogen and oxygen atoms in total. The average molecular weight is 447 g/mol. The van der Waals surface area contributed by atoms with Crippen molar-refractivity contribution in [1.82, 2.24) is 14.5 Å².